The highest BCUT2D eigenvalue weighted by Gasteiger charge is 2.21. The second-order valence-electron chi connectivity index (χ2n) is 6.29. The summed E-state index contributed by atoms with van der Waals surface area (Å²) in [6, 6.07) is 10.2. The molecule has 4 heteroatoms. The molecule has 4 nitrogen and oxygen atoms in total. The smallest absolute Gasteiger partial charge is 0.119 e. The Morgan fingerprint density at radius 3 is 2.41 bits per heavy atom. The van der Waals surface area contributed by atoms with Crippen molar-refractivity contribution in [1.29, 1.82) is 0 Å². The highest BCUT2D eigenvalue weighted by atomic mass is 16.5. The molecule has 0 radical (unpaired) electrons. The van der Waals surface area contributed by atoms with Crippen molar-refractivity contribution >= 4 is 0 Å². The summed E-state index contributed by atoms with van der Waals surface area (Å²) in [5.74, 6) is 0.996. The summed E-state index contributed by atoms with van der Waals surface area (Å²) in [5.41, 5.74) is 0. The highest BCUT2D eigenvalue weighted by molar-refractivity contribution is 5.21. The molecule has 0 spiro atoms. The Morgan fingerprint density at radius 2 is 1.68 bits per heavy atom. The number of rotatable bonds is 6. The minimum absolute atomic E-state index is 0.365. The number of likely N-dealkylation sites (tertiary alicyclic amines) is 1. The lowest BCUT2D eigenvalue weighted by Crippen LogP contribution is -2.40. The van der Waals surface area contributed by atoms with Crippen molar-refractivity contribution in [3.05, 3.63) is 30.3 Å². The van der Waals surface area contributed by atoms with Gasteiger partial charge in [-0.3, -0.25) is 0 Å². The molecule has 2 aliphatic heterocycles. The molecule has 0 bridgehead atoms. The Bertz CT molecular complexity index is 412. The van der Waals surface area contributed by atoms with Gasteiger partial charge in [0.15, 0.2) is 0 Å². The topological polar surface area (TPSA) is 33.7 Å². The molecule has 2 fully saturated rings. The van der Waals surface area contributed by atoms with Crippen LogP contribution in [0, 0.1) is 0 Å². The van der Waals surface area contributed by atoms with Gasteiger partial charge < -0.3 is 19.7 Å². The van der Waals surface area contributed by atoms with Crippen LogP contribution in [-0.2, 0) is 4.74 Å². The number of hydrogen-bond acceptors (Lipinski definition) is 4. The lowest BCUT2D eigenvalue weighted by molar-refractivity contribution is 0.0111. The number of para-hydroxylation sites is 1. The fraction of sp³-hybridized carbons (Fsp3) is 0.667. The number of nitrogens with zero attached hydrogens (tertiary/aromatic N) is 1. The maximum atomic E-state index is 6.04. The molecule has 122 valence electrons. The standard InChI is InChI=1S/C18H28N2O2/c1-2-4-17(5-3-1)22-18-8-12-20(13-9-18)14-15-21-16-6-10-19-11-7-16/h1-5,16,18-19H,6-15H2. The van der Waals surface area contributed by atoms with Gasteiger partial charge in [0.2, 0.25) is 0 Å². The predicted molar refractivity (Wildman–Crippen MR) is 88.4 cm³/mol. The summed E-state index contributed by atoms with van der Waals surface area (Å²) >= 11 is 0. The van der Waals surface area contributed by atoms with E-state index >= 15 is 0 Å². The van der Waals surface area contributed by atoms with Gasteiger partial charge in [-0.1, -0.05) is 18.2 Å². The molecule has 2 aliphatic rings. The number of hydrogen-bond donors (Lipinski definition) is 1. The first kappa shape index (κ1) is 15.8. The van der Waals surface area contributed by atoms with E-state index in [1.165, 1.54) is 0 Å². The third kappa shape index (κ3) is 4.97. The maximum absolute atomic E-state index is 6.04. The van der Waals surface area contributed by atoms with Gasteiger partial charge in [-0.15, -0.1) is 0 Å². The zero-order valence-corrected chi connectivity index (χ0v) is 13.4. The van der Waals surface area contributed by atoms with Crippen molar-refractivity contribution in [2.24, 2.45) is 0 Å². The van der Waals surface area contributed by atoms with Crippen LogP contribution in [0.5, 0.6) is 5.75 Å². The van der Waals surface area contributed by atoms with E-state index in [4.69, 9.17) is 9.47 Å². The van der Waals surface area contributed by atoms with Gasteiger partial charge in [-0.05, 0) is 50.9 Å². The predicted octanol–water partition coefficient (Wildman–Crippen LogP) is 2.30. The fourth-order valence-electron chi connectivity index (χ4n) is 3.25. The average Bonchev–Trinajstić information content (AvgIpc) is 2.58. The SMILES string of the molecule is c1ccc(OC2CCN(CCOC3CCNCC3)CC2)cc1. The molecule has 0 aromatic heterocycles. The van der Waals surface area contributed by atoms with Gasteiger partial charge in [-0.2, -0.15) is 0 Å². The summed E-state index contributed by atoms with van der Waals surface area (Å²) in [4.78, 5) is 2.51. The molecule has 0 unspecified atom stereocenters. The molecule has 22 heavy (non-hydrogen) atoms. The molecule has 1 aromatic rings. The molecule has 1 aromatic carbocycles. The third-order valence-electron chi connectivity index (χ3n) is 4.63. The van der Waals surface area contributed by atoms with Crippen LogP contribution in [-0.4, -0.2) is 56.4 Å². The van der Waals surface area contributed by atoms with Crippen LogP contribution < -0.4 is 10.1 Å². The first-order valence-electron chi connectivity index (χ1n) is 8.66. The monoisotopic (exact) mass is 304 g/mol. The van der Waals surface area contributed by atoms with Gasteiger partial charge in [0.25, 0.3) is 0 Å². The van der Waals surface area contributed by atoms with Gasteiger partial charge in [0.1, 0.15) is 11.9 Å². The van der Waals surface area contributed by atoms with Crippen LogP contribution in [0.2, 0.25) is 0 Å². The molecule has 2 heterocycles. The molecule has 1 N–H and O–H groups in total. The molecule has 3 rings (SSSR count). The second kappa shape index (κ2) is 8.51. The highest BCUT2D eigenvalue weighted by Crippen LogP contribution is 2.18. The summed E-state index contributed by atoms with van der Waals surface area (Å²) in [5, 5.41) is 3.37. The molecule has 0 aliphatic carbocycles. The van der Waals surface area contributed by atoms with E-state index in [2.05, 4.69) is 10.2 Å². The van der Waals surface area contributed by atoms with Crippen LogP contribution >= 0.6 is 0 Å². The largest absolute Gasteiger partial charge is 0.490 e. The van der Waals surface area contributed by atoms with Gasteiger partial charge in [-0.25, -0.2) is 0 Å². The van der Waals surface area contributed by atoms with E-state index in [9.17, 15) is 0 Å². The summed E-state index contributed by atoms with van der Waals surface area (Å²) in [7, 11) is 0. The zero-order valence-electron chi connectivity index (χ0n) is 13.4. The fourth-order valence-corrected chi connectivity index (χ4v) is 3.25. The van der Waals surface area contributed by atoms with E-state index in [-0.39, 0.29) is 0 Å². The van der Waals surface area contributed by atoms with Gasteiger partial charge in [0, 0.05) is 19.6 Å². The van der Waals surface area contributed by atoms with Crippen molar-refractivity contribution in [1.82, 2.24) is 10.2 Å². The normalized spacial score (nSPS) is 21.8. The Kier molecular flexibility index (Phi) is 6.11. The minimum Gasteiger partial charge on any atom is -0.490 e. The third-order valence-corrected chi connectivity index (χ3v) is 4.63. The number of benzene rings is 1. The van der Waals surface area contributed by atoms with E-state index in [1.807, 2.05) is 30.3 Å². The van der Waals surface area contributed by atoms with Crippen molar-refractivity contribution in [3.8, 4) is 5.75 Å². The molecule has 0 amide bonds. The van der Waals surface area contributed by atoms with Crippen molar-refractivity contribution in [3.63, 3.8) is 0 Å². The second-order valence-corrected chi connectivity index (χ2v) is 6.29. The Hall–Kier alpha value is -1.10. The van der Waals surface area contributed by atoms with E-state index in [0.717, 1.165) is 70.8 Å². The Morgan fingerprint density at radius 1 is 0.955 bits per heavy atom. The van der Waals surface area contributed by atoms with Crippen LogP contribution in [0.15, 0.2) is 30.3 Å². The van der Waals surface area contributed by atoms with Crippen LogP contribution in [0.4, 0.5) is 0 Å². The first-order valence-corrected chi connectivity index (χ1v) is 8.66. The number of ether oxygens (including phenoxy) is 2. The Balaban J connectivity index is 1.30. The van der Waals surface area contributed by atoms with Gasteiger partial charge in [0.05, 0.1) is 12.7 Å². The van der Waals surface area contributed by atoms with Crippen LogP contribution in [0.25, 0.3) is 0 Å². The lowest BCUT2D eigenvalue weighted by Gasteiger charge is -2.32. The quantitative estimate of drug-likeness (QED) is 0.874. The average molecular weight is 304 g/mol. The lowest BCUT2D eigenvalue weighted by atomic mass is 10.1. The minimum atomic E-state index is 0.365. The summed E-state index contributed by atoms with van der Waals surface area (Å²) in [6.07, 6.45) is 5.38. The molecule has 2 saturated heterocycles. The maximum Gasteiger partial charge on any atom is 0.119 e. The first-order chi connectivity index (χ1) is 10.9. The van der Waals surface area contributed by atoms with Crippen molar-refractivity contribution < 1.29 is 9.47 Å². The molecular weight excluding hydrogens is 276 g/mol. The van der Waals surface area contributed by atoms with E-state index < -0.39 is 0 Å². The Labute approximate surface area is 133 Å². The van der Waals surface area contributed by atoms with E-state index in [0.29, 0.717) is 12.2 Å². The number of nitrogens with one attached hydrogen (secondary N) is 1. The molecule has 0 saturated carbocycles. The summed E-state index contributed by atoms with van der Waals surface area (Å²) in [6.45, 7) is 6.37. The van der Waals surface area contributed by atoms with Crippen LogP contribution in [0.3, 0.4) is 0 Å². The van der Waals surface area contributed by atoms with Crippen molar-refractivity contribution in [2.45, 2.75) is 37.9 Å². The van der Waals surface area contributed by atoms with Gasteiger partial charge >= 0.3 is 0 Å². The number of piperidine rings is 2. The van der Waals surface area contributed by atoms with Crippen molar-refractivity contribution in [2.75, 3.05) is 39.3 Å². The summed E-state index contributed by atoms with van der Waals surface area (Å²) < 4.78 is 12.0. The molecule has 0 atom stereocenters. The van der Waals surface area contributed by atoms with Crippen LogP contribution in [0.1, 0.15) is 25.7 Å². The zero-order chi connectivity index (χ0) is 15.0. The van der Waals surface area contributed by atoms with E-state index in [1.54, 1.807) is 0 Å². The molecular formula is C18H28N2O2.